The molecular formula is C24H29N5O. The number of carbonyl (C=O) groups excluding carboxylic acids is 1. The van der Waals surface area contributed by atoms with E-state index < -0.39 is 0 Å². The second-order valence-corrected chi connectivity index (χ2v) is 7.82. The average molecular weight is 404 g/mol. The maximum atomic E-state index is 12.2. The van der Waals surface area contributed by atoms with Crippen molar-refractivity contribution in [2.75, 3.05) is 6.54 Å². The van der Waals surface area contributed by atoms with Crippen molar-refractivity contribution in [2.45, 2.75) is 51.1 Å². The fourth-order valence-electron chi connectivity index (χ4n) is 4.04. The van der Waals surface area contributed by atoms with Gasteiger partial charge >= 0.3 is 6.03 Å². The normalized spacial score (nSPS) is 14.0. The van der Waals surface area contributed by atoms with Crippen LogP contribution in [-0.4, -0.2) is 27.3 Å². The summed E-state index contributed by atoms with van der Waals surface area (Å²) >= 11 is 0. The quantitative estimate of drug-likeness (QED) is 0.544. The molecule has 0 aliphatic heterocycles. The summed E-state index contributed by atoms with van der Waals surface area (Å²) in [6.07, 6.45) is 8.46. The lowest BCUT2D eigenvalue weighted by molar-refractivity contribution is 0.240. The van der Waals surface area contributed by atoms with Gasteiger partial charge in [-0.15, -0.1) is 0 Å². The van der Waals surface area contributed by atoms with Gasteiger partial charge in [0.05, 0.1) is 29.7 Å². The number of nitrogens with one attached hydrogen (secondary N) is 2. The number of amides is 2. The Morgan fingerprint density at radius 1 is 1.03 bits per heavy atom. The molecule has 0 unspecified atom stereocenters. The number of urea groups is 1. The fraction of sp³-hybridized carbons (Fsp3) is 0.375. The summed E-state index contributed by atoms with van der Waals surface area (Å²) in [6, 6.07) is 18.6. The number of pyridine rings is 1. The largest absolute Gasteiger partial charge is 0.338 e. The predicted octanol–water partition coefficient (Wildman–Crippen LogP) is 4.49. The molecule has 30 heavy (non-hydrogen) atoms. The average Bonchev–Trinajstić information content (AvgIpc) is 3.46. The van der Waals surface area contributed by atoms with Crippen molar-refractivity contribution >= 4 is 6.03 Å². The number of nitrogens with zero attached hydrogens (tertiary/aromatic N) is 3. The van der Waals surface area contributed by atoms with Gasteiger partial charge in [-0.25, -0.2) is 4.79 Å². The summed E-state index contributed by atoms with van der Waals surface area (Å²) < 4.78 is 2.12. The zero-order chi connectivity index (χ0) is 20.6. The first-order valence-electron chi connectivity index (χ1n) is 10.8. The van der Waals surface area contributed by atoms with Crippen LogP contribution in [0.5, 0.6) is 0 Å². The summed E-state index contributed by atoms with van der Waals surface area (Å²) in [6.45, 7) is 1.06. The van der Waals surface area contributed by atoms with Crippen LogP contribution in [-0.2, 0) is 13.0 Å². The van der Waals surface area contributed by atoms with Gasteiger partial charge in [-0.1, -0.05) is 49.2 Å². The minimum Gasteiger partial charge on any atom is -0.338 e. The predicted molar refractivity (Wildman–Crippen MR) is 118 cm³/mol. The molecular weight excluding hydrogens is 374 g/mol. The molecule has 0 atom stereocenters. The minimum absolute atomic E-state index is 0.155. The standard InChI is InChI=1S/C24H29N5O/c30-24(26-16-8-11-19-9-2-1-3-10-19)27-18-20-17-23(22-14-6-7-15-25-22)29(28-20)21-12-4-5-13-21/h1-3,6-7,9-10,14-15,17,21H,4-5,8,11-13,16,18H2,(H2,26,27,30). The molecule has 4 rings (SSSR count). The van der Waals surface area contributed by atoms with Crippen LogP contribution in [0.1, 0.15) is 49.4 Å². The summed E-state index contributed by atoms with van der Waals surface area (Å²) in [5.41, 5.74) is 4.11. The van der Waals surface area contributed by atoms with E-state index in [9.17, 15) is 4.79 Å². The Kier molecular flexibility index (Phi) is 6.75. The molecule has 2 aromatic heterocycles. The highest BCUT2D eigenvalue weighted by Crippen LogP contribution is 2.33. The first kappa shape index (κ1) is 20.1. The molecule has 156 valence electrons. The molecule has 1 fully saturated rings. The van der Waals surface area contributed by atoms with Crippen LogP contribution in [0, 0.1) is 0 Å². The van der Waals surface area contributed by atoms with Crippen LogP contribution in [0.15, 0.2) is 60.8 Å². The Morgan fingerprint density at radius 2 is 1.83 bits per heavy atom. The van der Waals surface area contributed by atoms with Crippen molar-refractivity contribution in [3.63, 3.8) is 0 Å². The van der Waals surface area contributed by atoms with Crippen LogP contribution < -0.4 is 10.6 Å². The van der Waals surface area contributed by atoms with Gasteiger partial charge in [0.2, 0.25) is 0 Å². The van der Waals surface area contributed by atoms with Gasteiger partial charge in [0.15, 0.2) is 0 Å². The van der Waals surface area contributed by atoms with E-state index in [2.05, 4.69) is 38.5 Å². The number of aryl methyl sites for hydroxylation is 1. The van der Waals surface area contributed by atoms with Crippen LogP contribution >= 0.6 is 0 Å². The summed E-state index contributed by atoms with van der Waals surface area (Å²) in [5, 5.41) is 10.7. The molecule has 2 N–H and O–H groups in total. The maximum Gasteiger partial charge on any atom is 0.315 e. The summed E-state index contributed by atoms with van der Waals surface area (Å²) in [5.74, 6) is 0. The van der Waals surface area contributed by atoms with Crippen molar-refractivity contribution in [3.8, 4) is 11.4 Å². The summed E-state index contributed by atoms with van der Waals surface area (Å²) in [7, 11) is 0. The molecule has 6 nitrogen and oxygen atoms in total. The van der Waals surface area contributed by atoms with E-state index in [1.54, 1.807) is 0 Å². The van der Waals surface area contributed by atoms with Crippen molar-refractivity contribution in [3.05, 3.63) is 72.1 Å². The first-order valence-corrected chi connectivity index (χ1v) is 10.8. The molecule has 0 saturated heterocycles. The number of rotatable bonds is 8. The van der Waals surface area contributed by atoms with E-state index in [0.717, 1.165) is 42.8 Å². The van der Waals surface area contributed by atoms with E-state index in [1.807, 2.05) is 42.6 Å². The highest BCUT2D eigenvalue weighted by molar-refractivity contribution is 5.73. The molecule has 0 bridgehead atoms. The number of hydrogen-bond acceptors (Lipinski definition) is 3. The molecule has 1 aliphatic rings. The number of benzene rings is 1. The monoisotopic (exact) mass is 403 g/mol. The van der Waals surface area contributed by atoms with Gasteiger partial charge < -0.3 is 10.6 Å². The van der Waals surface area contributed by atoms with Gasteiger partial charge in [0.25, 0.3) is 0 Å². The molecule has 3 aromatic rings. The Hall–Kier alpha value is -3.15. The highest BCUT2D eigenvalue weighted by Gasteiger charge is 2.22. The topological polar surface area (TPSA) is 71.8 Å². The Morgan fingerprint density at radius 3 is 2.60 bits per heavy atom. The number of carbonyl (C=O) groups is 1. The lowest BCUT2D eigenvalue weighted by Crippen LogP contribution is -2.35. The molecule has 0 spiro atoms. The van der Waals surface area contributed by atoms with Crippen LogP contribution in [0.2, 0.25) is 0 Å². The second-order valence-electron chi connectivity index (χ2n) is 7.82. The number of aromatic nitrogens is 3. The Balaban J connectivity index is 1.31. The molecule has 0 radical (unpaired) electrons. The Labute approximate surface area is 177 Å². The molecule has 6 heteroatoms. The van der Waals surface area contributed by atoms with Gasteiger partial charge in [0, 0.05) is 12.7 Å². The van der Waals surface area contributed by atoms with Crippen molar-refractivity contribution in [1.82, 2.24) is 25.4 Å². The van der Waals surface area contributed by atoms with Crippen molar-refractivity contribution in [2.24, 2.45) is 0 Å². The molecule has 2 heterocycles. The second kappa shape index (κ2) is 10.1. The maximum absolute atomic E-state index is 12.2. The van der Waals surface area contributed by atoms with Crippen LogP contribution in [0.25, 0.3) is 11.4 Å². The third kappa shape index (κ3) is 5.26. The first-order chi connectivity index (χ1) is 14.8. The van der Waals surface area contributed by atoms with Gasteiger partial charge in [-0.05, 0) is 49.4 Å². The van der Waals surface area contributed by atoms with E-state index in [4.69, 9.17) is 5.10 Å². The van der Waals surface area contributed by atoms with Gasteiger partial charge in [0.1, 0.15) is 0 Å². The third-order valence-electron chi connectivity index (χ3n) is 5.58. The van der Waals surface area contributed by atoms with E-state index in [0.29, 0.717) is 19.1 Å². The molecule has 1 aliphatic carbocycles. The van der Waals surface area contributed by atoms with Gasteiger partial charge in [-0.2, -0.15) is 5.10 Å². The lowest BCUT2D eigenvalue weighted by atomic mass is 10.1. The minimum atomic E-state index is -0.155. The highest BCUT2D eigenvalue weighted by atomic mass is 16.2. The van der Waals surface area contributed by atoms with E-state index >= 15 is 0 Å². The van der Waals surface area contributed by atoms with E-state index in [1.165, 1.54) is 18.4 Å². The van der Waals surface area contributed by atoms with Crippen molar-refractivity contribution < 1.29 is 4.79 Å². The smallest absolute Gasteiger partial charge is 0.315 e. The third-order valence-corrected chi connectivity index (χ3v) is 5.58. The zero-order valence-corrected chi connectivity index (χ0v) is 17.3. The zero-order valence-electron chi connectivity index (χ0n) is 17.3. The van der Waals surface area contributed by atoms with Crippen LogP contribution in [0.4, 0.5) is 4.79 Å². The van der Waals surface area contributed by atoms with E-state index in [-0.39, 0.29) is 6.03 Å². The van der Waals surface area contributed by atoms with Crippen LogP contribution in [0.3, 0.4) is 0 Å². The SMILES string of the molecule is O=C(NCCCc1ccccc1)NCc1cc(-c2ccccn2)n(C2CCCC2)n1. The number of hydrogen-bond donors (Lipinski definition) is 2. The summed E-state index contributed by atoms with van der Waals surface area (Å²) in [4.78, 5) is 16.7. The van der Waals surface area contributed by atoms with Crippen molar-refractivity contribution in [1.29, 1.82) is 0 Å². The van der Waals surface area contributed by atoms with Gasteiger partial charge in [-0.3, -0.25) is 9.67 Å². The molecule has 1 saturated carbocycles. The molecule has 2 amide bonds. The fourth-order valence-corrected chi connectivity index (χ4v) is 4.04. The molecule has 1 aromatic carbocycles. The lowest BCUT2D eigenvalue weighted by Gasteiger charge is -2.13. The Bertz CT molecular complexity index is 933.